The van der Waals surface area contributed by atoms with Gasteiger partial charge in [-0.05, 0) is 51.4 Å². The molecule has 5 nitrogen and oxygen atoms in total. The van der Waals surface area contributed by atoms with Crippen LogP contribution in [-0.2, 0) is 11.3 Å². The topological polar surface area (TPSA) is 44.8 Å². The van der Waals surface area contributed by atoms with Crippen molar-refractivity contribution in [2.45, 2.75) is 51.5 Å². The highest BCUT2D eigenvalue weighted by Gasteiger charge is 2.24. The highest BCUT2D eigenvalue weighted by molar-refractivity contribution is 5.94. The van der Waals surface area contributed by atoms with Gasteiger partial charge in [-0.1, -0.05) is 12.1 Å². The highest BCUT2D eigenvalue weighted by Crippen LogP contribution is 2.17. The lowest BCUT2D eigenvalue weighted by Crippen LogP contribution is -2.44. The van der Waals surface area contributed by atoms with Crippen LogP contribution in [0, 0.1) is 0 Å². The van der Waals surface area contributed by atoms with E-state index in [2.05, 4.69) is 36.2 Å². The van der Waals surface area contributed by atoms with Crippen LogP contribution in [0.2, 0.25) is 0 Å². The summed E-state index contributed by atoms with van der Waals surface area (Å²) in [5.41, 5.74) is 2.06. The van der Waals surface area contributed by atoms with Gasteiger partial charge < -0.3 is 15.0 Å². The summed E-state index contributed by atoms with van der Waals surface area (Å²) in [6, 6.07) is 8.70. The van der Waals surface area contributed by atoms with Gasteiger partial charge in [-0.2, -0.15) is 0 Å². The van der Waals surface area contributed by atoms with E-state index in [1.807, 2.05) is 24.1 Å². The number of likely N-dealkylation sites (tertiary alicyclic amines) is 1. The molecule has 1 amide bonds. The van der Waals surface area contributed by atoms with Crippen LogP contribution in [0.5, 0.6) is 0 Å². The number of nitrogens with zero attached hydrogens (tertiary/aromatic N) is 2. The summed E-state index contributed by atoms with van der Waals surface area (Å²) in [5.74, 6) is 0.162. The molecule has 7 heteroatoms. The first-order chi connectivity index (χ1) is 12.0. The van der Waals surface area contributed by atoms with E-state index in [1.165, 1.54) is 5.56 Å². The van der Waals surface area contributed by atoms with Crippen molar-refractivity contribution in [2.75, 3.05) is 33.2 Å². The van der Waals surface area contributed by atoms with Crippen molar-refractivity contribution in [1.82, 2.24) is 15.1 Å². The van der Waals surface area contributed by atoms with Crippen LogP contribution < -0.4 is 5.32 Å². The molecule has 2 atom stereocenters. The smallest absolute Gasteiger partial charge is 0.253 e. The average molecular weight is 418 g/mol. The zero-order chi connectivity index (χ0) is 17.8. The van der Waals surface area contributed by atoms with Gasteiger partial charge in [-0.25, -0.2) is 0 Å². The number of benzene rings is 1. The van der Waals surface area contributed by atoms with Crippen molar-refractivity contribution in [1.29, 1.82) is 0 Å². The molecule has 2 unspecified atom stereocenters. The third-order valence-electron chi connectivity index (χ3n) is 5.29. The number of carbonyl (C=O) groups excluding carboxylic acids is 1. The first kappa shape index (κ1) is 24.2. The molecule has 0 saturated carbocycles. The largest absolute Gasteiger partial charge is 0.373 e. The molecule has 0 aliphatic carbocycles. The first-order valence-electron chi connectivity index (χ1n) is 9.48. The van der Waals surface area contributed by atoms with Crippen molar-refractivity contribution >= 4 is 30.7 Å². The molecule has 154 valence electrons. The Labute approximate surface area is 175 Å². The highest BCUT2D eigenvalue weighted by atomic mass is 35.5. The van der Waals surface area contributed by atoms with Gasteiger partial charge in [0.15, 0.2) is 0 Å². The van der Waals surface area contributed by atoms with Crippen LogP contribution in [0.1, 0.15) is 42.6 Å². The van der Waals surface area contributed by atoms with E-state index >= 15 is 0 Å². The first-order valence-corrected chi connectivity index (χ1v) is 9.48. The minimum absolute atomic E-state index is 0. The van der Waals surface area contributed by atoms with E-state index in [0.29, 0.717) is 6.04 Å². The summed E-state index contributed by atoms with van der Waals surface area (Å²) < 4.78 is 5.79. The summed E-state index contributed by atoms with van der Waals surface area (Å²) in [7, 11) is 2.00. The normalized spacial score (nSPS) is 24.0. The molecule has 0 radical (unpaired) electrons. The number of amides is 1. The Kier molecular flexibility index (Phi) is 10.1. The maximum atomic E-state index is 12.7. The number of carbonyl (C=O) groups is 1. The number of piperidine rings is 1. The predicted octanol–water partition coefficient (Wildman–Crippen LogP) is 2.96. The lowest BCUT2D eigenvalue weighted by molar-refractivity contribution is -0.0704. The second-order valence-corrected chi connectivity index (χ2v) is 7.50. The number of morpholine rings is 1. The van der Waals surface area contributed by atoms with Crippen molar-refractivity contribution in [3.63, 3.8) is 0 Å². The van der Waals surface area contributed by atoms with Crippen LogP contribution in [-0.4, -0.2) is 67.2 Å². The molecule has 2 aliphatic heterocycles. The van der Waals surface area contributed by atoms with Crippen molar-refractivity contribution < 1.29 is 9.53 Å². The Morgan fingerprint density at radius 1 is 1.07 bits per heavy atom. The summed E-state index contributed by atoms with van der Waals surface area (Å²) in [4.78, 5) is 17.1. The van der Waals surface area contributed by atoms with Crippen LogP contribution in [0.4, 0.5) is 0 Å². The maximum absolute atomic E-state index is 12.7. The maximum Gasteiger partial charge on any atom is 0.253 e. The van der Waals surface area contributed by atoms with Crippen LogP contribution in [0.15, 0.2) is 24.3 Å². The van der Waals surface area contributed by atoms with Gasteiger partial charge >= 0.3 is 0 Å². The minimum Gasteiger partial charge on any atom is -0.373 e. The molecule has 0 bridgehead atoms. The van der Waals surface area contributed by atoms with Crippen molar-refractivity contribution in [3.8, 4) is 0 Å². The van der Waals surface area contributed by atoms with Crippen LogP contribution in [0.3, 0.4) is 0 Å². The fraction of sp³-hybridized carbons (Fsp3) is 0.650. The van der Waals surface area contributed by atoms with Gasteiger partial charge in [-0.3, -0.25) is 9.69 Å². The second kappa shape index (κ2) is 11.2. The Morgan fingerprint density at radius 3 is 2.15 bits per heavy atom. The van der Waals surface area contributed by atoms with Gasteiger partial charge in [0, 0.05) is 44.3 Å². The fourth-order valence-corrected chi connectivity index (χ4v) is 3.98. The summed E-state index contributed by atoms with van der Waals surface area (Å²) in [6.45, 7) is 8.78. The third-order valence-corrected chi connectivity index (χ3v) is 5.29. The second-order valence-electron chi connectivity index (χ2n) is 7.50. The van der Waals surface area contributed by atoms with E-state index in [1.54, 1.807) is 0 Å². The Balaban J connectivity index is 0.00000182. The average Bonchev–Trinajstić information content (AvgIpc) is 2.61. The van der Waals surface area contributed by atoms with Gasteiger partial charge in [0.25, 0.3) is 5.91 Å². The van der Waals surface area contributed by atoms with Crippen LogP contribution >= 0.6 is 24.8 Å². The number of hydrogen-bond donors (Lipinski definition) is 1. The van der Waals surface area contributed by atoms with Crippen molar-refractivity contribution in [2.24, 2.45) is 0 Å². The number of ether oxygens (including phenoxy) is 1. The minimum atomic E-state index is 0. The molecule has 2 heterocycles. The van der Waals surface area contributed by atoms with E-state index in [0.717, 1.165) is 51.1 Å². The van der Waals surface area contributed by atoms with E-state index < -0.39 is 0 Å². The number of hydrogen-bond acceptors (Lipinski definition) is 4. The molecule has 2 saturated heterocycles. The molecule has 2 fully saturated rings. The van der Waals surface area contributed by atoms with Gasteiger partial charge in [0.1, 0.15) is 0 Å². The molecular formula is C20H33Cl2N3O2. The number of halogens is 2. The zero-order valence-electron chi connectivity index (χ0n) is 16.5. The Morgan fingerprint density at radius 2 is 1.63 bits per heavy atom. The Bertz CT molecular complexity index is 567. The lowest BCUT2D eigenvalue weighted by atomic mass is 10.0. The van der Waals surface area contributed by atoms with Gasteiger partial charge in [0.05, 0.1) is 12.2 Å². The van der Waals surface area contributed by atoms with Crippen LogP contribution in [0.25, 0.3) is 0 Å². The molecule has 0 spiro atoms. The predicted molar refractivity (Wildman–Crippen MR) is 114 cm³/mol. The molecule has 1 aromatic carbocycles. The molecule has 1 N–H and O–H groups in total. The monoisotopic (exact) mass is 417 g/mol. The molecule has 27 heavy (non-hydrogen) atoms. The number of nitrogens with one attached hydrogen (secondary N) is 1. The SMILES string of the molecule is CNC1CCN(C(=O)c2ccc(CN3CC(C)OC(C)C3)cc2)CC1.Cl.Cl. The van der Waals surface area contributed by atoms with E-state index in [9.17, 15) is 4.79 Å². The lowest BCUT2D eigenvalue weighted by Gasteiger charge is -2.35. The summed E-state index contributed by atoms with van der Waals surface area (Å²) in [6.07, 6.45) is 2.64. The molecule has 1 aromatic rings. The van der Waals surface area contributed by atoms with Gasteiger partial charge in [0.2, 0.25) is 0 Å². The van der Waals surface area contributed by atoms with Gasteiger partial charge in [-0.15, -0.1) is 24.8 Å². The fourth-order valence-electron chi connectivity index (χ4n) is 3.98. The standard InChI is InChI=1S/C20H31N3O2.2ClH/c1-15-12-22(13-16(2)25-15)14-17-4-6-18(7-5-17)20(24)23-10-8-19(21-3)9-11-23;;/h4-7,15-16,19,21H,8-14H2,1-3H3;2*1H. The summed E-state index contributed by atoms with van der Waals surface area (Å²) in [5, 5.41) is 3.30. The van der Waals surface area contributed by atoms with E-state index in [-0.39, 0.29) is 42.9 Å². The number of rotatable bonds is 4. The van der Waals surface area contributed by atoms with Crippen molar-refractivity contribution in [3.05, 3.63) is 35.4 Å². The van der Waals surface area contributed by atoms with E-state index in [4.69, 9.17) is 4.74 Å². The molecule has 2 aliphatic rings. The third kappa shape index (κ3) is 6.61. The molecular weight excluding hydrogens is 385 g/mol. The molecule has 3 rings (SSSR count). The molecule has 0 aromatic heterocycles. The summed E-state index contributed by atoms with van der Waals surface area (Å²) >= 11 is 0. The quantitative estimate of drug-likeness (QED) is 0.817. The zero-order valence-corrected chi connectivity index (χ0v) is 18.2. The Hall–Kier alpha value is -0.850.